The molecule has 1 saturated carbocycles. The molecular weight excluding hydrogens is 312 g/mol. The van der Waals surface area contributed by atoms with Gasteiger partial charge in [-0.25, -0.2) is 0 Å². The van der Waals surface area contributed by atoms with Gasteiger partial charge in [0.25, 0.3) is 0 Å². The molecule has 1 aromatic rings. The minimum absolute atomic E-state index is 0.330. The summed E-state index contributed by atoms with van der Waals surface area (Å²) in [6, 6.07) is 8.57. The molecule has 0 amide bonds. The summed E-state index contributed by atoms with van der Waals surface area (Å²) < 4.78 is 10.2. The van der Waals surface area contributed by atoms with Crippen molar-refractivity contribution in [3.8, 4) is 0 Å². The number of ether oxygens (including phenoxy) is 2. The highest BCUT2D eigenvalue weighted by Gasteiger charge is 2.67. The third-order valence-corrected chi connectivity index (χ3v) is 5.17. The quantitative estimate of drug-likeness (QED) is 0.647. The number of fused-ring (bicyclic) bond motifs is 1. The number of methoxy groups -OCH3 is 1. The molecule has 1 aliphatic heterocycles. The number of Topliss-reactive ketones (excluding diaryl/α,β-unsaturated/α-hetero) is 1. The number of hydrogen-bond donors (Lipinski definition) is 1. The Morgan fingerprint density at radius 1 is 1.25 bits per heavy atom. The lowest BCUT2D eigenvalue weighted by molar-refractivity contribution is -0.167. The minimum Gasteiger partial charge on any atom is -0.468 e. The number of esters is 2. The predicted octanol–water partition coefficient (Wildman–Crippen LogP) is 1.20. The van der Waals surface area contributed by atoms with Gasteiger partial charge in [-0.3, -0.25) is 14.4 Å². The number of carbonyl (C=O) groups excluding carboxylic acids is 3. The first-order chi connectivity index (χ1) is 11.2. The number of benzene rings is 1. The fraction of sp³-hybridized carbons (Fsp3) is 0.500. The van der Waals surface area contributed by atoms with Gasteiger partial charge in [-0.15, -0.1) is 0 Å². The van der Waals surface area contributed by atoms with E-state index in [1.54, 1.807) is 44.2 Å². The number of rotatable bonds is 2. The Labute approximate surface area is 139 Å². The molecule has 2 fully saturated rings. The van der Waals surface area contributed by atoms with Crippen LogP contribution in [0.3, 0.4) is 0 Å². The summed E-state index contributed by atoms with van der Waals surface area (Å²) in [5, 5.41) is 11.3. The maximum atomic E-state index is 12.7. The van der Waals surface area contributed by atoms with E-state index in [-0.39, 0.29) is 6.42 Å². The summed E-state index contributed by atoms with van der Waals surface area (Å²) in [6.07, 6.45) is -0.330. The van der Waals surface area contributed by atoms with Gasteiger partial charge in [0.15, 0.2) is 5.78 Å². The number of cyclic esters (lactones) is 1. The summed E-state index contributed by atoms with van der Waals surface area (Å²) in [4.78, 5) is 37.4. The fourth-order valence-corrected chi connectivity index (χ4v) is 4.12. The van der Waals surface area contributed by atoms with Gasteiger partial charge in [-0.1, -0.05) is 30.3 Å². The second kappa shape index (κ2) is 5.41. The minimum atomic E-state index is -1.70. The Bertz CT molecular complexity index is 695. The molecule has 1 aromatic carbocycles. The van der Waals surface area contributed by atoms with Crippen molar-refractivity contribution in [3.05, 3.63) is 35.9 Å². The molecule has 0 aromatic heterocycles. The van der Waals surface area contributed by atoms with E-state index in [2.05, 4.69) is 0 Å². The van der Waals surface area contributed by atoms with Crippen LogP contribution >= 0.6 is 0 Å². The molecular formula is C18H20O6. The Kier molecular flexibility index (Phi) is 3.75. The summed E-state index contributed by atoms with van der Waals surface area (Å²) in [5.74, 6) is -4.65. The Morgan fingerprint density at radius 3 is 2.46 bits per heavy atom. The molecule has 1 aliphatic carbocycles. The fourth-order valence-electron chi connectivity index (χ4n) is 4.12. The Morgan fingerprint density at radius 2 is 1.88 bits per heavy atom. The van der Waals surface area contributed by atoms with E-state index in [0.717, 1.165) is 0 Å². The van der Waals surface area contributed by atoms with Crippen molar-refractivity contribution in [1.29, 1.82) is 0 Å². The lowest BCUT2D eigenvalue weighted by Crippen LogP contribution is -2.56. The van der Waals surface area contributed by atoms with E-state index in [1.165, 1.54) is 7.11 Å². The third-order valence-electron chi connectivity index (χ3n) is 5.17. The molecule has 1 N–H and O–H groups in total. The highest BCUT2D eigenvalue weighted by molar-refractivity contribution is 6.02. The average molecular weight is 332 g/mol. The largest absolute Gasteiger partial charge is 0.468 e. The monoisotopic (exact) mass is 332 g/mol. The van der Waals surface area contributed by atoms with Gasteiger partial charge in [0, 0.05) is 12.3 Å². The highest BCUT2D eigenvalue weighted by atomic mass is 16.6. The molecule has 1 saturated heterocycles. The van der Waals surface area contributed by atoms with Gasteiger partial charge in [0.1, 0.15) is 17.1 Å². The number of aliphatic hydroxyl groups is 1. The van der Waals surface area contributed by atoms with Crippen LogP contribution in [0.25, 0.3) is 0 Å². The summed E-state index contributed by atoms with van der Waals surface area (Å²) >= 11 is 0. The molecule has 4 atom stereocenters. The SMILES string of the molecule is COC(=O)C1C(=O)CC(O)(c2ccccc2)C2C(=O)OC(C)(C)C12. The number of ketones is 1. The topological polar surface area (TPSA) is 89.9 Å². The third kappa shape index (κ3) is 2.24. The number of carbonyl (C=O) groups is 3. The molecule has 3 rings (SSSR count). The van der Waals surface area contributed by atoms with Gasteiger partial charge in [-0.05, 0) is 19.4 Å². The Balaban J connectivity index is 2.16. The molecule has 1 heterocycles. The molecule has 4 unspecified atom stereocenters. The van der Waals surface area contributed by atoms with Gasteiger partial charge in [-0.2, -0.15) is 0 Å². The van der Waals surface area contributed by atoms with Crippen molar-refractivity contribution >= 4 is 17.7 Å². The first kappa shape index (κ1) is 16.6. The van der Waals surface area contributed by atoms with Crippen LogP contribution in [0.15, 0.2) is 30.3 Å². The van der Waals surface area contributed by atoms with E-state index >= 15 is 0 Å². The molecule has 0 bridgehead atoms. The smallest absolute Gasteiger partial charge is 0.316 e. The van der Waals surface area contributed by atoms with E-state index in [4.69, 9.17) is 9.47 Å². The Hall–Kier alpha value is -2.21. The van der Waals surface area contributed by atoms with Crippen LogP contribution in [0.1, 0.15) is 25.8 Å². The highest BCUT2D eigenvalue weighted by Crippen LogP contribution is 2.55. The van der Waals surface area contributed by atoms with Gasteiger partial charge < -0.3 is 14.6 Å². The first-order valence-electron chi connectivity index (χ1n) is 7.83. The molecule has 2 aliphatic rings. The average Bonchev–Trinajstić information content (AvgIpc) is 2.77. The second-order valence-corrected chi connectivity index (χ2v) is 6.96. The molecule has 0 spiro atoms. The van der Waals surface area contributed by atoms with E-state index < -0.39 is 46.7 Å². The molecule has 6 heteroatoms. The van der Waals surface area contributed by atoms with Crippen LogP contribution in [-0.2, 0) is 29.5 Å². The molecule has 24 heavy (non-hydrogen) atoms. The zero-order valence-corrected chi connectivity index (χ0v) is 13.8. The van der Waals surface area contributed by atoms with Crippen LogP contribution in [-0.4, -0.2) is 35.5 Å². The summed E-state index contributed by atoms with van der Waals surface area (Å²) in [5.41, 5.74) is -2.29. The standard InChI is InChI=1S/C18H20O6/c1-17(2)13-12(15(20)23-3)11(19)9-18(22,14(13)16(21)24-17)10-7-5-4-6-8-10/h4-8,12-14,22H,9H2,1-3H3. The molecule has 128 valence electrons. The van der Waals surface area contributed by atoms with Crippen LogP contribution in [0.4, 0.5) is 0 Å². The van der Waals surface area contributed by atoms with E-state index in [9.17, 15) is 19.5 Å². The zero-order valence-electron chi connectivity index (χ0n) is 13.8. The van der Waals surface area contributed by atoms with Crippen molar-refractivity contribution in [3.63, 3.8) is 0 Å². The van der Waals surface area contributed by atoms with Crippen molar-refractivity contribution < 1.29 is 29.0 Å². The summed E-state index contributed by atoms with van der Waals surface area (Å²) in [7, 11) is 1.20. The van der Waals surface area contributed by atoms with E-state index in [1.807, 2.05) is 0 Å². The second-order valence-electron chi connectivity index (χ2n) is 6.96. The van der Waals surface area contributed by atoms with E-state index in [0.29, 0.717) is 5.56 Å². The zero-order chi connectivity index (χ0) is 17.7. The summed E-state index contributed by atoms with van der Waals surface area (Å²) in [6.45, 7) is 3.30. The van der Waals surface area contributed by atoms with Crippen molar-refractivity contribution in [1.82, 2.24) is 0 Å². The van der Waals surface area contributed by atoms with Gasteiger partial charge >= 0.3 is 11.9 Å². The lowest BCUT2D eigenvalue weighted by Gasteiger charge is -2.43. The maximum absolute atomic E-state index is 12.7. The van der Waals surface area contributed by atoms with Gasteiger partial charge in [0.05, 0.1) is 13.0 Å². The lowest BCUT2D eigenvalue weighted by atomic mass is 9.58. The van der Waals surface area contributed by atoms with Crippen molar-refractivity contribution in [2.75, 3.05) is 7.11 Å². The maximum Gasteiger partial charge on any atom is 0.316 e. The number of hydrogen-bond acceptors (Lipinski definition) is 6. The van der Waals surface area contributed by atoms with Crippen LogP contribution in [0, 0.1) is 17.8 Å². The van der Waals surface area contributed by atoms with Crippen LogP contribution < -0.4 is 0 Å². The van der Waals surface area contributed by atoms with Crippen LogP contribution in [0.2, 0.25) is 0 Å². The van der Waals surface area contributed by atoms with Crippen LogP contribution in [0.5, 0.6) is 0 Å². The van der Waals surface area contributed by atoms with Crippen molar-refractivity contribution in [2.45, 2.75) is 31.5 Å². The first-order valence-corrected chi connectivity index (χ1v) is 7.83. The molecule has 6 nitrogen and oxygen atoms in total. The van der Waals surface area contributed by atoms with Gasteiger partial charge in [0.2, 0.25) is 0 Å². The predicted molar refractivity (Wildman–Crippen MR) is 82.6 cm³/mol. The normalized spacial score (nSPS) is 34.4. The molecule has 0 radical (unpaired) electrons. The van der Waals surface area contributed by atoms with Crippen molar-refractivity contribution in [2.24, 2.45) is 17.8 Å².